The third-order valence-electron chi connectivity index (χ3n) is 4.39. The molecule has 26 heavy (non-hydrogen) atoms. The van der Waals surface area contributed by atoms with Gasteiger partial charge in [0.1, 0.15) is 5.76 Å². The topological polar surface area (TPSA) is 105 Å². The third kappa shape index (κ3) is 4.01. The number of carbonyl (C=O) groups is 3. The first-order valence-corrected chi connectivity index (χ1v) is 10.7. The van der Waals surface area contributed by atoms with Gasteiger partial charge in [0.2, 0.25) is 5.91 Å². The van der Waals surface area contributed by atoms with Crippen molar-refractivity contribution in [3.05, 3.63) is 29.1 Å². The molecule has 0 bridgehead atoms. The first kappa shape index (κ1) is 18.7. The summed E-state index contributed by atoms with van der Waals surface area (Å²) >= 11 is 0.799. The van der Waals surface area contributed by atoms with E-state index in [1.165, 1.54) is 17.2 Å². The molecule has 0 aromatic carbocycles. The van der Waals surface area contributed by atoms with Crippen LogP contribution in [0, 0.1) is 0 Å². The van der Waals surface area contributed by atoms with Crippen LogP contribution in [0.25, 0.3) is 6.08 Å². The Balaban J connectivity index is 1.58. The van der Waals surface area contributed by atoms with Gasteiger partial charge in [-0.1, -0.05) is 0 Å². The predicted molar refractivity (Wildman–Crippen MR) is 95.8 cm³/mol. The minimum Gasteiger partial charge on any atom is -0.465 e. The second kappa shape index (κ2) is 7.28. The van der Waals surface area contributed by atoms with Crippen LogP contribution in [0.1, 0.15) is 18.6 Å². The number of sulfone groups is 1. The Bertz CT molecular complexity index is 859. The number of rotatable bonds is 5. The fourth-order valence-corrected chi connectivity index (χ4v) is 5.48. The molecule has 2 aliphatic rings. The number of hydrogen-bond acceptors (Lipinski definition) is 7. The normalized spacial score (nSPS) is 23.8. The molecular formula is C16H18N2O6S2. The number of thioether (sulfide) groups is 1. The zero-order valence-electron chi connectivity index (χ0n) is 14.1. The van der Waals surface area contributed by atoms with E-state index in [-0.39, 0.29) is 41.3 Å². The van der Waals surface area contributed by atoms with Crippen molar-refractivity contribution in [2.45, 2.75) is 18.9 Å². The molecule has 0 aliphatic carbocycles. The van der Waals surface area contributed by atoms with Crippen molar-refractivity contribution in [3.63, 3.8) is 0 Å². The summed E-state index contributed by atoms with van der Waals surface area (Å²) < 4.78 is 28.2. The van der Waals surface area contributed by atoms with E-state index >= 15 is 0 Å². The zero-order chi connectivity index (χ0) is 18.9. The molecule has 8 nitrogen and oxygen atoms in total. The maximum absolute atomic E-state index is 12.3. The molecule has 1 atom stereocenters. The fraction of sp³-hybridized carbons (Fsp3) is 0.438. The summed E-state index contributed by atoms with van der Waals surface area (Å²) in [6.07, 6.45) is 3.33. The Morgan fingerprint density at radius 3 is 2.85 bits per heavy atom. The Morgan fingerprint density at radius 1 is 1.46 bits per heavy atom. The number of carbonyl (C=O) groups excluding carboxylic acids is 3. The van der Waals surface area contributed by atoms with E-state index in [4.69, 9.17) is 4.42 Å². The Kier molecular flexibility index (Phi) is 5.24. The summed E-state index contributed by atoms with van der Waals surface area (Å²) in [4.78, 5) is 39.3. The van der Waals surface area contributed by atoms with E-state index in [1.54, 1.807) is 19.2 Å². The quantitative estimate of drug-likeness (QED) is 0.690. The van der Waals surface area contributed by atoms with Gasteiger partial charge in [-0.15, -0.1) is 0 Å². The van der Waals surface area contributed by atoms with Crippen LogP contribution in [0.4, 0.5) is 4.79 Å². The van der Waals surface area contributed by atoms with Crippen LogP contribution < -0.4 is 0 Å². The monoisotopic (exact) mass is 398 g/mol. The lowest BCUT2D eigenvalue weighted by molar-refractivity contribution is -0.132. The highest BCUT2D eigenvalue weighted by atomic mass is 32.2. The number of imide groups is 1. The van der Waals surface area contributed by atoms with Gasteiger partial charge in [-0.2, -0.15) is 0 Å². The molecule has 0 N–H and O–H groups in total. The highest BCUT2D eigenvalue weighted by Crippen LogP contribution is 2.32. The van der Waals surface area contributed by atoms with Crippen molar-refractivity contribution in [1.82, 2.24) is 9.80 Å². The largest absolute Gasteiger partial charge is 0.465 e. The molecule has 0 saturated carbocycles. The summed E-state index contributed by atoms with van der Waals surface area (Å²) in [6.45, 7) is -0.0389. The molecule has 3 heterocycles. The van der Waals surface area contributed by atoms with Gasteiger partial charge < -0.3 is 9.32 Å². The maximum atomic E-state index is 12.3. The van der Waals surface area contributed by atoms with Crippen molar-refractivity contribution in [3.8, 4) is 0 Å². The number of nitrogens with zero attached hydrogens (tertiary/aromatic N) is 2. The van der Waals surface area contributed by atoms with Gasteiger partial charge in [0, 0.05) is 32.1 Å². The van der Waals surface area contributed by atoms with Gasteiger partial charge in [0.25, 0.3) is 11.1 Å². The van der Waals surface area contributed by atoms with Gasteiger partial charge in [0.15, 0.2) is 9.84 Å². The van der Waals surface area contributed by atoms with Crippen LogP contribution in [-0.4, -0.2) is 66.4 Å². The molecular weight excluding hydrogens is 380 g/mol. The first-order valence-electron chi connectivity index (χ1n) is 8.02. The van der Waals surface area contributed by atoms with Crippen molar-refractivity contribution in [1.29, 1.82) is 0 Å². The number of amides is 3. The molecule has 140 valence electrons. The summed E-state index contributed by atoms with van der Waals surface area (Å²) in [7, 11) is -1.53. The molecule has 1 aromatic rings. The average Bonchev–Trinajstić information content (AvgIpc) is 3.27. The SMILES string of the molecule is CN(C(=O)CCN1C(=O)S/C(=C\c2ccco2)C1=O)[C@H]1CCS(=O)(=O)C1. The predicted octanol–water partition coefficient (Wildman–Crippen LogP) is 1.35. The van der Waals surface area contributed by atoms with Crippen LogP contribution in [0.2, 0.25) is 0 Å². The number of furan rings is 1. The van der Waals surface area contributed by atoms with Gasteiger partial charge in [-0.3, -0.25) is 19.3 Å². The van der Waals surface area contributed by atoms with Gasteiger partial charge in [-0.05, 0) is 30.3 Å². The van der Waals surface area contributed by atoms with E-state index in [0.717, 1.165) is 16.7 Å². The summed E-state index contributed by atoms with van der Waals surface area (Å²) in [5.41, 5.74) is 0. The molecule has 0 unspecified atom stereocenters. The van der Waals surface area contributed by atoms with E-state index in [2.05, 4.69) is 0 Å². The minimum absolute atomic E-state index is 0.0389. The molecule has 2 fully saturated rings. The second-order valence-corrected chi connectivity index (χ2v) is 9.38. The maximum Gasteiger partial charge on any atom is 0.293 e. The molecule has 2 saturated heterocycles. The molecule has 3 amide bonds. The van der Waals surface area contributed by atoms with Crippen LogP contribution >= 0.6 is 11.8 Å². The summed E-state index contributed by atoms with van der Waals surface area (Å²) in [6, 6.07) is 3.00. The highest BCUT2D eigenvalue weighted by molar-refractivity contribution is 8.18. The van der Waals surface area contributed by atoms with E-state index < -0.39 is 21.0 Å². The lowest BCUT2D eigenvalue weighted by Gasteiger charge is -2.24. The molecule has 3 rings (SSSR count). The van der Waals surface area contributed by atoms with Gasteiger partial charge >= 0.3 is 0 Å². The Hall–Kier alpha value is -2.07. The van der Waals surface area contributed by atoms with Gasteiger partial charge in [-0.25, -0.2) is 8.42 Å². The standard InChI is InChI=1S/C16H18N2O6S2/c1-17(11-5-8-26(22,23)10-11)14(19)4-6-18-15(20)13(25-16(18)21)9-12-3-2-7-24-12/h2-3,7,9,11H,4-6,8,10H2,1H3/b13-9-/t11-/m0/s1. The van der Waals surface area contributed by atoms with Crippen LogP contribution in [0.5, 0.6) is 0 Å². The summed E-state index contributed by atoms with van der Waals surface area (Å²) in [5.74, 6) is -0.247. The van der Waals surface area contributed by atoms with E-state index in [9.17, 15) is 22.8 Å². The van der Waals surface area contributed by atoms with Gasteiger partial charge in [0.05, 0.1) is 22.7 Å². The molecule has 0 spiro atoms. The molecule has 1 aromatic heterocycles. The highest BCUT2D eigenvalue weighted by Gasteiger charge is 2.37. The molecule has 10 heteroatoms. The second-order valence-electron chi connectivity index (χ2n) is 6.16. The Labute approximate surface area is 155 Å². The average molecular weight is 398 g/mol. The third-order valence-corrected chi connectivity index (χ3v) is 7.05. The van der Waals surface area contributed by atoms with Crippen molar-refractivity contribution >= 4 is 44.7 Å². The van der Waals surface area contributed by atoms with Crippen LogP contribution in [0.3, 0.4) is 0 Å². The van der Waals surface area contributed by atoms with E-state index in [0.29, 0.717) is 12.2 Å². The number of hydrogen-bond donors (Lipinski definition) is 0. The first-order chi connectivity index (χ1) is 12.3. The van der Waals surface area contributed by atoms with E-state index in [1.807, 2.05) is 0 Å². The zero-order valence-corrected chi connectivity index (χ0v) is 15.7. The lowest BCUT2D eigenvalue weighted by atomic mass is 10.2. The summed E-state index contributed by atoms with van der Waals surface area (Å²) in [5, 5.41) is -0.438. The minimum atomic E-state index is -3.09. The van der Waals surface area contributed by atoms with Crippen molar-refractivity contribution in [2.75, 3.05) is 25.1 Å². The smallest absolute Gasteiger partial charge is 0.293 e. The molecule has 0 radical (unpaired) electrons. The van der Waals surface area contributed by atoms with Crippen molar-refractivity contribution in [2.24, 2.45) is 0 Å². The van der Waals surface area contributed by atoms with Crippen LogP contribution in [-0.2, 0) is 19.4 Å². The Morgan fingerprint density at radius 2 is 2.23 bits per heavy atom. The lowest BCUT2D eigenvalue weighted by Crippen LogP contribution is -2.40. The molecule has 2 aliphatic heterocycles. The van der Waals surface area contributed by atoms with Crippen LogP contribution in [0.15, 0.2) is 27.7 Å². The van der Waals surface area contributed by atoms with Crippen molar-refractivity contribution < 1.29 is 27.2 Å². The fourth-order valence-electron chi connectivity index (χ4n) is 2.86.